The molecule has 2 saturated carbocycles. The van der Waals surface area contributed by atoms with Crippen molar-refractivity contribution in [2.45, 2.75) is 147 Å². The molecule has 166 valence electrons. The van der Waals surface area contributed by atoms with E-state index in [1.54, 1.807) is 0 Å². The van der Waals surface area contributed by atoms with Gasteiger partial charge in [0.1, 0.15) is 5.41 Å². The van der Waals surface area contributed by atoms with Crippen molar-refractivity contribution in [2.75, 3.05) is 0 Å². The van der Waals surface area contributed by atoms with E-state index in [1.807, 2.05) is 0 Å². The monoisotopic (exact) mass is 404 g/mol. The number of nitro groups is 1. The fourth-order valence-electron chi connectivity index (χ4n) is 5.93. The molecule has 2 fully saturated rings. The summed E-state index contributed by atoms with van der Waals surface area (Å²) in [6, 6.07) is 2.63. The number of rotatable bonds is 2. The van der Waals surface area contributed by atoms with Gasteiger partial charge in [0.05, 0.1) is 6.07 Å². The summed E-state index contributed by atoms with van der Waals surface area (Å²) in [6.45, 7) is 0. The largest absolute Gasteiger partial charge is 0.264 e. The minimum Gasteiger partial charge on any atom is -0.264 e. The molecule has 0 spiro atoms. The van der Waals surface area contributed by atoms with Crippen molar-refractivity contribution < 1.29 is 4.92 Å². The summed E-state index contributed by atoms with van der Waals surface area (Å²) in [5.41, 5.74) is -1.81. The molecule has 2 aliphatic rings. The Morgan fingerprint density at radius 2 is 0.828 bits per heavy atom. The molecule has 0 bridgehead atoms. The molecule has 0 heterocycles. The molecule has 0 saturated heterocycles. The van der Waals surface area contributed by atoms with Crippen LogP contribution in [0, 0.1) is 26.9 Å². The summed E-state index contributed by atoms with van der Waals surface area (Å²) in [5.74, 6) is 0. The number of hydrogen-bond acceptors (Lipinski definition) is 3. The van der Waals surface area contributed by atoms with Crippen LogP contribution in [-0.2, 0) is 0 Å². The van der Waals surface area contributed by atoms with Crippen molar-refractivity contribution in [1.82, 2.24) is 0 Å². The molecule has 0 radical (unpaired) electrons. The lowest BCUT2D eigenvalue weighted by Gasteiger charge is -2.40. The predicted octanol–water partition coefficient (Wildman–Crippen LogP) is 8.12. The Labute approximate surface area is 179 Å². The van der Waals surface area contributed by atoms with Gasteiger partial charge in [0.15, 0.2) is 0 Å². The molecular weight excluding hydrogens is 360 g/mol. The first-order chi connectivity index (χ1) is 14.2. The van der Waals surface area contributed by atoms with Gasteiger partial charge in [0.25, 0.3) is 0 Å². The van der Waals surface area contributed by atoms with Gasteiger partial charge in [-0.2, -0.15) is 5.26 Å². The fraction of sp³-hybridized carbons (Fsp3) is 0.960. The van der Waals surface area contributed by atoms with E-state index in [9.17, 15) is 15.4 Å². The second-order valence-corrected chi connectivity index (χ2v) is 9.85. The summed E-state index contributed by atoms with van der Waals surface area (Å²) in [5, 5.41) is 23.1. The SMILES string of the molecule is N#CC1(C2([N+](=O)[O-])CCCCCCCCCCC2)CCCCCCCCCCC1. The van der Waals surface area contributed by atoms with Crippen molar-refractivity contribution >= 4 is 0 Å². The lowest BCUT2D eigenvalue weighted by Crippen LogP contribution is -2.54. The molecule has 0 aromatic rings. The van der Waals surface area contributed by atoms with Crippen LogP contribution in [0.3, 0.4) is 0 Å². The van der Waals surface area contributed by atoms with Crippen LogP contribution < -0.4 is 0 Å². The van der Waals surface area contributed by atoms with Gasteiger partial charge in [-0.15, -0.1) is 0 Å². The molecule has 0 N–H and O–H groups in total. The number of nitrogens with zero attached hydrogens (tertiary/aromatic N) is 2. The summed E-state index contributed by atoms with van der Waals surface area (Å²) in [6.07, 6.45) is 23.3. The first kappa shape index (κ1) is 24.2. The smallest absolute Gasteiger partial charge is 0.240 e. The number of hydrogen-bond donors (Lipinski definition) is 0. The van der Waals surface area contributed by atoms with Gasteiger partial charge in [-0.1, -0.05) is 103 Å². The third-order valence-corrected chi connectivity index (χ3v) is 7.84. The molecule has 4 heteroatoms. The van der Waals surface area contributed by atoms with Crippen LogP contribution in [0.2, 0.25) is 0 Å². The normalized spacial score (nSPS) is 25.8. The zero-order valence-electron chi connectivity index (χ0n) is 18.8. The highest BCUT2D eigenvalue weighted by Gasteiger charge is 2.59. The first-order valence-electron chi connectivity index (χ1n) is 12.7. The Morgan fingerprint density at radius 1 is 0.552 bits per heavy atom. The van der Waals surface area contributed by atoms with Crippen molar-refractivity contribution in [3.05, 3.63) is 10.1 Å². The molecule has 0 amide bonds. The van der Waals surface area contributed by atoms with E-state index in [2.05, 4.69) is 6.07 Å². The maximum Gasteiger partial charge on any atom is 0.240 e. The molecule has 0 unspecified atom stereocenters. The maximum absolute atomic E-state index is 12.7. The average Bonchev–Trinajstić information content (AvgIpc) is 2.69. The number of nitriles is 1. The molecule has 0 aromatic carbocycles. The maximum atomic E-state index is 12.7. The molecule has 0 aliphatic heterocycles. The highest BCUT2D eigenvalue weighted by molar-refractivity contribution is 5.12. The Bertz CT molecular complexity index is 487. The van der Waals surface area contributed by atoms with E-state index in [1.165, 1.54) is 64.2 Å². The Kier molecular flexibility index (Phi) is 11.0. The van der Waals surface area contributed by atoms with Crippen molar-refractivity contribution in [2.24, 2.45) is 5.41 Å². The van der Waals surface area contributed by atoms with Gasteiger partial charge in [-0.25, -0.2) is 0 Å². The van der Waals surface area contributed by atoms with E-state index in [-0.39, 0.29) is 4.92 Å². The highest BCUT2D eigenvalue weighted by atomic mass is 16.6. The lowest BCUT2D eigenvalue weighted by atomic mass is 9.60. The molecule has 0 atom stereocenters. The van der Waals surface area contributed by atoms with Crippen LogP contribution >= 0.6 is 0 Å². The third kappa shape index (κ3) is 6.97. The second kappa shape index (κ2) is 13.2. The van der Waals surface area contributed by atoms with Crippen molar-refractivity contribution in [3.8, 4) is 6.07 Å². The Balaban J connectivity index is 2.28. The molecule has 0 aromatic heterocycles. The summed E-state index contributed by atoms with van der Waals surface area (Å²) >= 11 is 0. The van der Waals surface area contributed by atoms with Gasteiger partial charge in [-0.3, -0.25) is 10.1 Å². The van der Waals surface area contributed by atoms with Crippen LogP contribution in [0.25, 0.3) is 0 Å². The Morgan fingerprint density at radius 3 is 1.10 bits per heavy atom. The van der Waals surface area contributed by atoms with Crippen LogP contribution in [-0.4, -0.2) is 10.5 Å². The van der Waals surface area contributed by atoms with Gasteiger partial charge < -0.3 is 0 Å². The summed E-state index contributed by atoms with van der Waals surface area (Å²) in [7, 11) is 0. The summed E-state index contributed by atoms with van der Waals surface area (Å²) in [4.78, 5) is 12.7. The van der Waals surface area contributed by atoms with E-state index in [4.69, 9.17) is 0 Å². The quantitative estimate of drug-likeness (QED) is 0.344. The Hall–Kier alpha value is -1.11. The summed E-state index contributed by atoms with van der Waals surface area (Å²) < 4.78 is 0. The van der Waals surface area contributed by atoms with Crippen LogP contribution in [0.1, 0.15) is 141 Å². The average molecular weight is 405 g/mol. The second-order valence-electron chi connectivity index (χ2n) is 9.85. The van der Waals surface area contributed by atoms with Gasteiger partial charge in [0.2, 0.25) is 5.54 Å². The van der Waals surface area contributed by atoms with Gasteiger partial charge in [0, 0.05) is 17.8 Å². The van der Waals surface area contributed by atoms with Crippen molar-refractivity contribution in [3.63, 3.8) is 0 Å². The molecular formula is C25H44N2O2. The predicted molar refractivity (Wildman–Crippen MR) is 119 cm³/mol. The molecule has 4 nitrogen and oxygen atoms in total. The molecule has 29 heavy (non-hydrogen) atoms. The third-order valence-electron chi connectivity index (χ3n) is 7.84. The van der Waals surface area contributed by atoms with Crippen LogP contribution in [0.15, 0.2) is 0 Å². The minimum absolute atomic E-state index is 0.0217. The van der Waals surface area contributed by atoms with Gasteiger partial charge >= 0.3 is 0 Å². The topological polar surface area (TPSA) is 66.9 Å². The standard InChI is InChI=1S/C25H44N2O2/c26-23-24(19-15-11-7-3-1-4-8-12-16-20-24)25(27(28)29)21-17-13-9-5-2-6-10-14-18-22-25/h1-22H2. The minimum atomic E-state index is -1.04. The van der Waals surface area contributed by atoms with Crippen LogP contribution in [0.5, 0.6) is 0 Å². The van der Waals surface area contributed by atoms with E-state index in [0.717, 1.165) is 64.2 Å². The first-order valence-corrected chi connectivity index (χ1v) is 12.7. The van der Waals surface area contributed by atoms with E-state index < -0.39 is 11.0 Å². The zero-order chi connectivity index (χ0) is 20.8. The molecule has 2 aliphatic carbocycles. The highest BCUT2D eigenvalue weighted by Crippen LogP contribution is 2.49. The van der Waals surface area contributed by atoms with Gasteiger partial charge in [-0.05, 0) is 25.7 Å². The van der Waals surface area contributed by atoms with Crippen LogP contribution in [0.4, 0.5) is 0 Å². The molecule has 2 rings (SSSR count). The lowest BCUT2D eigenvalue weighted by molar-refractivity contribution is -0.592. The fourth-order valence-corrected chi connectivity index (χ4v) is 5.93. The van der Waals surface area contributed by atoms with E-state index in [0.29, 0.717) is 12.8 Å². The van der Waals surface area contributed by atoms with Crippen molar-refractivity contribution in [1.29, 1.82) is 5.26 Å². The van der Waals surface area contributed by atoms with E-state index >= 15 is 0 Å². The zero-order valence-corrected chi connectivity index (χ0v) is 18.8.